The first-order valence-corrected chi connectivity index (χ1v) is 9.25. The van der Waals surface area contributed by atoms with Crippen LogP contribution < -0.4 is 4.90 Å². The highest BCUT2D eigenvalue weighted by Crippen LogP contribution is 2.29. The lowest BCUT2D eigenvalue weighted by Crippen LogP contribution is -2.50. The Labute approximate surface area is 151 Å². The summed E-state index contributed by atoms with van der Waals surface area (Å²) in [6.07, 6.45) is 1.44. The molecule has 1 unspecified atom stereocenters. The molecule has 0 aromatic carbocycles. The van der Waals surface area contributed by atoms with Crippen molar-refractivity contribution in [3.8, 4) is 11.3 Å². The first-order valence-electron chi connectivity index (χ1n) is 9.25. The number of aromatic nitrogens is 4. The van der Waals surface area contributed by atoms with Gasteiger partial charge in [-0.25, -0.2) is 18.7 Å². The van der Waals surface area contributed by atoms with Crippen molar-refractivity contribution < 1.29 is 8.78 Å². The Morgan fingerprint density at radius 2 is 2.08 bits per heavy atom. The second kappa shape index (κ2) is 6.90. The molecule has 2 saturated heterocycles. The average Bonchev–Trinajstić information content (AvgIpc) is 3.26. The molecular weight excluding hydrogens is 338 g/mol. The van der Waals surface area contributed by atoms with E-state index in [-0.39, 0.29) is 5.69 Å². The van der Waals surface area contributed by atoms with Crippen LogP contribution in [-0.2, 0) is 6.54 Å². The summed E-state index contributed by atoms with van der Waals surface area (Å²) in [6.45, 7) is 8.32. The molecule has 0 aliphatic carbocycles. The van der Waals surface area contributed by atoms with Crippen LogP contribution in [-0.4, -0.2) is 56.9 Å². The van der Waals surface area contributed by atoms with Gasteiger partial charge in [-0.1, -0.05) is 0 Å². The summed E-state index contributed by atoms with van der Waals surface area (Å²) in [7, 11) is 0. The Bertz CT molecular complexity index is 790. The van der Waals surface area contributed by atoms with Crippen LogP contribution in [0.15, 0.2) is 12.3 Å². The van der Waals surface area contributed by atoms with E-state index in [1.165, 1.54) is 12.5 Å². The highest BCUT2D eigenvalue weighted by Gasteiger charge is 2.32. The molecule has 0 bridgehead atoms. The van der Waals surface area contributed by atoms with Gasteiger partial charge in [0.25, 0.3) is 6.43 Å². The first kappa shape index (κ1) is 17.3. The second-order valence-corrected chi connectivity index (χ2v) is 7.02. The second-order valence-electron chi connectivity index (χ2n) is 7.02. The smallest absolute Gasteiger partial charge is 0.280 e. The lowest BCUT2D eigenvalue weighted by atomic mass is 10.1. The largest absolute Gasteiger partial charge is 0.338 e. The molecule has 4 rings (SSSR count). The first-order chi connectivity index (χ1) is 12.6. The molecule has 1 atom stereocenters. The van der Waals surface area contributed by atoms with Gasteiger partial charge in [0, 0.05) is 43.5 Å². The normalized spacial score (nSPS) is 20.8. The van der Waals surface area contributed by atoms with Gasteiger partial charge in [0.05, 0.1) is 11.9 Å². The van der Waals surface area contributed by atoms with Crippen LogP contribution in [0.25, 0.3) is 11.3 Å². The fraction of sp³-hybridized carbons (Fsp3) is 0.611. The molecule has 4 heterocycles. The van der Waals surface area contributed by atoms with Crippen molar-refractivity contribution >= 4 is 5.95 Å². The molecule has 2 aromatic heterocycles. The van der Waals surface area contributed by atoms with Crippen molar-refractivity contribution in [1.29, 1.82) is 0 Å². The monoisotopic (exact) mass is 362 g/mol. The van der Waals surface area contributed by atoms with Gasteiger partial charge in [-0.05, 0) is 39.3 Å². The topological polar surface area (TPSA) is 50.1 Å². The maximum Gasteiger partial charge on any atom is 0.280 e. The molecule has 0 spiro atoms. The van der Waals surface area contributed by atoms with Crippen molar-refractivity contribution in [1.82, 2.24) is 24.6 Å². The van der Waals surface area contributed by atoms with E-state index in [0.29, 0.717) is 17.7 Å². The third kappa shape index (κ3) is 3.06. The van der Waals surface area contributed by atoms with E-state index in [2.05, 4.69) is 24.9 Å². The van der Waals surface area contributed by atoms with E-state index >= 15 is 0 Å². The van der Waals surface area contributed by atoms with Crippen LogP contribution in [0.5, 0.6) is 0 Å². The molecule has 2 aromatic rings. The number of anilines is 1. The highest BCUT2D eigenvalue weighted by atomic mass is 19.3. The fourth-order valence-corrected chi connectivity index (χ4v) is 4.03. The lowest BCUT2D eigenvalue weighted by molar-refractivity contribution is 0.146. The van der Waals surface area contributed by atoms with Crippen molar-refractivity contribution in [2.45, 2.75) is 45.7 Å². The van der Waals surface area contributed by atoms with Gasteiger partial charge in [0.15, 0.2) is 0 Å². The highest BCUT2D eigenvalue weighted by molar-refractivity contribution is 5.63. The maximum absolute atomic E-state index is 13.5. The molecule has 2 aliphatic heterocycles. The van der Waals surface area contributed by atoms with E-state index in [4.69, 9.17) is 0 Å². The average molecular weight is 362 g/mol. The zero-order valence-corrected chi connectivity index (χ0v) is 15.2. The molecule has 0 saturated carbocycles. The molecule has 0 radical (unpaired) electrons. The van der Waals surface area contributed by atoms with Gasteiger partial charge < -0.3 is 4.90 Å². The number of aryl methyl sites for hydroxylation is 1. The minimum absolute atomic E-state index is 0.220. The SMILES string of the molecule is CCn1ncc(-c2cc(C(F)F)nc(N3CCN4CCCC4C3)n2)c1C. The number of nitrogens with zero attached hydrogens (tertiary/aromatic N) is 6. The lowest BCUT2D eigenvalue weighted by Gasteiger charge is -2.37. The molecule has 26 heavy (non-hydrogen) atoms. The summed E-state index contributed by atoms with van der Waals surface area (Å²) in [4.78, 5) is 13.3. The molecule has 0 N–H and O–H groups in total. The van der Waals surface area contributed by atoms with Crippen LogP contribution >= 0.6 is 0 Å². The van der Waals surface area contributed by atoms with E-state index in [9.17, 15) is 8.78 Å². The van der Waals surface area contributed by atoms with Crippen LogP contribution in [0.1, 0.15) is 37.6 Å². The summed E-state index contributed by atoms with van der Waals surface area (Å²) < 4.78 is 28.8. The van der Waals surface area contributed by atoms with E-state index in [1.807, 2.05) is 18.5 Å². The van der Waals surface area contributed by atoms with Crippen molar-refractivity contribution in [2.75, 3.05) is 31.1 Å². The Morgan fingerprint density at radius 3 is 2.81 bits per heavy atom. The third-order valence-corrected chi connectivity index (χ3v) is 5.51. The van der Waals surface area contributed by atoms with Gasteiger partial charge in [0.2, 0.25) is 5.95 Å². The molecule has 140 valence electrons. The van der Waals surface area contributed by atoms with Gasteiger partial charge in [0.1, 0.15) is 5.69 Å². The van der Waals surface area contributed by atoms with Crippen LogP contribution in [0.2, 0.25) is 0 Å². The molecule has 6 nitrogen and oxygen atoms in total. The van der Waals surface area contributed by atoms with E-state index < -0.39 is 6.43 Å². The maximum atomic E-state index is 13.5. The molecule has 2 fully saturated rings. The number of hydrogen-bond donors (Lipinski definition) is 0. The van der Waals surface area contributed by atoms with Gasteiger partial charge in [-0.3, -0.25) is 9.58 Å². The van der Waals surface area contributed by atoms with Crippen molar-refractivity contribution in [2.24, 2.45) is 0 Å². The molecule has 8 heteroatoms. The summed E-state index contributed by atoms with van der Waals surface area (Å²) in [5.41, 5.74) is 2.02. The van der Waals surface area contributed by atoms with Crippen molar-refractivity contribution in [3.63, 3.8) is 0 Å². The van der Waals surface area contributed by atoms with Crippen LogP contribution in [0.4, 0.5) is 14.7 Å². The molecular formula is C18H24F2N6. The summed E-state index contributed by atoms with van der Waals surface area (Å²) in [6, 6.07) is 1.87. The van der Waals surface area contributed by atoms with Crippen LogP contribution in [0, 0.1) is 6.92 Å². The Kier molecular flexibility index (Phi) is 4.60. The number of fused-ring (bicyclic) bond motifs is 1. The standard InChI is InChI=1S/C18H24F2N6/c1-3-26-12(2)14(10-21-26)15-9-16(17(19)20)23-18(22-15)25-8-7-24-6-4-5-13(24)11-25/h9-10,13,17H,3-8,11H2,1-2H3. The zero-order chi connectivity index (χ0) is 18.3. The summed E-state index contributed by atoms with van der Waals surface area (Å²) in [5, 5.41) is 4.32. The fourth-order valence-electron chi connectivity index (χ4n) is 4.03. The van der Waals surface area contributed by atoms with Crippen molar-refractivity contribution in [3.05, 3.63) is 23.7 Å². The van der Waals surface area contributed by atoms with Crippen LogP contribution in [0.3, 0.4) is 0 Å². The Balaban J connectivity index is 1.70. The van der Waals surface area contributed by atoms with E-state index in [1.54, 1.807) is 6.20 Å². The predicted molar refractivity (Wildman–Crippen MR) is 95.4 cm³/mol. The Morgan fingerprint density at radius 1 is 1.23 bits per heavy atom. The summed E-state index contributed by atoms with van der Waals surface area (Å²) >= 11 is 0. The number of alkyl halides is 2. The van der Waals surface area contributed by atoms with Gasteiger partial charge >= 0.3 is 0 Å². The quantitative estimate of drug-likeness (QED) is 0.837. The number of piperazine rings is 1. The zero-order valence-electron chi connectivity index (χ0n) is 15.2. The predicted octanol–water partition coefficient (Wildman–Crippen LogP) is 2.89. The third-order valence-electron chi connectivity index (χ3n) is 5.51. The molecule has 2 aliphatic rings. The van der Waals surface area contributed by atoms with Gasteiger partial charge in [-0.2, -0.15) is 5.10 Å². The number of rotatable bonds is 4. The minimum Gasteiger partial charge on any atom is -0.338 e. The Hall–Kier alpha value is -2.09. The molecule has 0 amide bonds. The number of halogens is 2. The minimum atomic E-state index is -2.62. The summed E-state index contributed by atoms with van der Waals surface area (Å²) in [5.74, 6) is 0.410. The van der Waals surface area contributed by atoms with Gasteiger partial charge in [-0.15, -0.1) is 0 Å². The van der Waals surface area contributed by atoms with E-state index in [0.717, 1.165) is 50.4 Å². The number of hydrogen-bond acceptors (Lipinski definition) is 5.